The summed E-state index contributed by atoms with van der Waals surface area (Å²) in [6, 6.07) is 11.5. The number of thiophene rings is 1. The summed E-state index contributed by atoms with van der Waals surface area (Å²) < 4.78 is 1.22. The lowest BCUT2D eigenvalue weighted by Crippen LogP contribution is -2.39. The molecule has 0 amide bonds. The molecule has 1 aromatic carbocycles. The molecule has 0 spiro atoms. The molecular weight excluding hydrogens is 344 g/mol. The number of halogens is 1. The zero-order valence-electron chi connectivity index (χ0n) is 11.8. The van der Waals surface area contributed by atoms with Crippen LogP contribution in [0.4, 0.5) is 0 Å². The smallest absolute Gasteiger partial charge is 0.0314 e. The van der Waals surface area contributed by atoms with Gasteiger partial charge in [-0.25, -0.2) is 0 Å². The molecule has 2 aliphatic carbocycles. The van der Waals surface area contributed by atoms with E-state index in [4.69, 9.17) is 5.84 Å². The van der Waals surface area contributed by atoms with Crippen molar-refractivity contribution in [2.24, 2.45) is 17.7 Å². The lowest BCUT2D eigenvalue weighted by Gasteiger charge is -2.16. The molecular formula is C17H19BrN2S. The number of hydrogen-bond donors (Lipinski definition) is 2. The van der Waals surface area contributed by atoms with Gasteiger partial charge in [-0.2, -0.15) is 0 Å². The Kier molecular flexibility index (Phi) is 3.66. The molecule has 0 bridgehead atoms. The van der Waals surface area contributed by atoms with Gasteiger partial charge in [0.25, 0.3) is 0 Å². The van der Waals surface area contributed by atoms with E-state index in [0.29, 0.717) is 12.0 Å². The summed E-state index contributed by atoms with van der Waals surface area (Å²) in [4.78, 5) is 1.40. The molecule has 0 saturated heterocycles. The van der Waals surface area contributed by atoms with E-state index in [1.165, 1.54) is 22.2 Å². The summed E-state index contributed by atoms with van der Waals surface area (Å²) in [5.74, 6) is 8.12. The average Bonchev–Trinajstić information content (AvgIpc) is 3.12. The van der Waals surface area contributed by atoms with Crippen LogP contribution in [-0.2, 0) is 12.8 Å². The average molecular weight is 363 g/mol. The lowest BCUT2D eigenvalue weighted by molar-refractivity contribution is 0.443. The number of hydrogen-bond acceptors (Lipinski definition) is 3. The van der Waals surface area contributed by atoms with Crippen LogP contribution < -0.4 is 11.3 Å². The van der Waals surface area contributed by atoms with Gasteiger partial charge in [-0.05, 0) is 75.5 Å². The van der Waals surface area contributed by atoms with Crippen molar-refractivity contribution in [1.82, 2.24) is 5.43 Å². The van der Waals surface area contributed by atoms with E-state index < -0.39 is 0 Å². The second kappa shape index (κ2) is 5.51. The quantitative estimate of drug-likeness (QED) is 0.640. The van der Waals surface area contributed by atoms with E-state index in [9.17, 15) is 0 Å². The Morgan fingerprint density at radius 3 is 2.95 bits per heavy atom. The Hall–Kier alpha value is -0.680. The van der Waals surface area contributed by atoms with Gasteiger partial charge in [0, 0.05) is 15.4 Å². The summed E-state index contributed by atoms with van der Waals surface area (Å²) in [6.45, 7) is 0. The Labute approximate surface area is 137 Å². The zero-order valence-corrected chi connectivity index (χ0v) is 14.2. The van der Waals surface area contributed by atoms with Gasteiger partial charge in [0.05, 0.1) is 0 Å². The van der Waals surface area contributed by atoms with E-state index in [1.807, 2.05) is 11.3 Å². The first kappa shape index (κ1) is 13.9. The minimum absolute atomic E-state index is 0.376. The van der Waals surface area contributed by atoms with Gasteiger partial charge in [-0.3, -0.25) is 11.3 Å². The van der Waals surface area contributed by atoms with E-state index in [1.54, 1.807) is 11.1 Å². The number of aryl methyl sites for hydroxylation is 1. The van der Waals surface area contributed by atoms with Crippen LogP contribution in [0.15, 0.2) is 40.2 Å². The van der Waals surface area contributed by atoms with Crippen molar-refractivity contribution >= 4 is 27.3 Å². The van der Waals surface area contributed by atoms with Gasteiger partial charge in [-0.1, -0.05) is 24.3 Å². The van der Waals surface area contributed by atoms with Crippen LogP contribution in [0.1, 0.15) is 28.3 Å². The molecule has 4 unspecified atom stereocenters. The highest BCUT2D eigenvalue weighted by molar-refractivity contribution is 9.10. The minimum atomic E-state index is 0.376. The number of rotatable bonds is 4. The molecule has 1 aromatic heterocycles. The number of nitrogens with two attached hydrogens (primary N) is 1. The van der Waals surface area contributed by atoms with Crippen molar-refractivity contribution in [3.8, 4) is 0 Å². The van der Waals surface area contributed by atoms with Gasteiger partial charge >= 0.3 is 0 Å². The van der Waals surface area contributed by atoms with E-state index in [0.717, 1.165) is 18.3 Å². The topological polar surface area (TPSA) is 38.0 Å². The fourth-order valence-corrected chi connectivity index (χ4v) is 5.72. The van der Waals surface area contributed by atoms with Gasteiger partial charge in [0.15, 0.2) is 0 Å². The van der Waals surface area contributed by atoms with Gasteiger partial charge < -0.3 is 0 Å². The summed E-state index contributed by atoms with van der Waals surface area (Å²) >= 11 is 5.45. The Balaban J connectivity index is 1.56. The molecule has 2 nitrogen and oxygen atoms in total. The van der Waals surface area contributed by atoms with Crippen molar-refractivity contribution < 1.29 is 0 Å². The third-order valence-electron chi connectivity index (χ3n) is 5.17. The van der Waals surface area contributed by atoms with E-state index in [-0.39, 0.29) is 0 Å². The molecule has 0 aliphatic heterocycles. The highest BCUT2D eigenvalue weighted by atomic mass is 79.9. The van der Waals surface area contributed by atoms with E-state index >= 15 is 0 Å². The minimum Gasteiger partial charge on any atom is -0.271 e. The maximum atomic E-state index is 5.89. The third kappa shape index (κ3) is 2.38. The number of fused-ring (bicyclic) bond motifs is 3. The summed E-state index contributed by atoms with van der Waals surface area (Å²) in [7, 11) is 0. The van der Waals surface area contributed by atoms with Crippen molar-refractivity contribution in [2.75, 3.05) is 0 Å². The van der Waals surface area contributed by atoms with Crippen LogP contribution in [0, 0.1) is 11.8 Å². The molecule has 1 saturated carbocycles. The molecule has 3 N–H and O–H groups in total. The Morgan fingerprint density at radius 2 is 2.19 bits per heavy atom. The lowest BCUT2D eigenvalue weighted by atomic mass is 9.92. The molecule has 21 heavy (non-hydrogen) atoms. The summed E-state index contributed by atoms with van der Waals surface area (Å²) in [5, 5.41) is 2.14. The molecule has 2 aliphatic rings. The number of hydrazine groups is 1. The fourth-order valence-electron chi connectivity index (χ4n) is 4.14. The van der Waals surface area contributed by atoms with Crippen molar-refractivity contribution in [3.63, 3.8) is 0 Å². The molecule has 4 heteroatoms. The van der Waals surface area contributed by atoms with Crippen molar-refractivity contribution in [2.45, 2.75) is 31.2 Å². The van der Waals surface area contributed by atoms with Crippen LogP contribution >= 0.6 is 27.3 Å². The second-order valence-electron chi connectivity index (χ2n) is 6.17. The highest BCUT2D eigenvalue weighted by Crippen LogP contribution is 2.61. The molecule has 1 fully saturated rings. The first-order valence-electron chi connectivity index (χ1n) is 7.55. The first-order valence-corrected chi connectivity index (χ1v) is 9.22. The first-order chi connectivity index (χ1) is 10.3. The van der Waals surface area contributed by atoms with Gasteiger partial charge in [0.1, 0.15) is 0 Å². The Bertz CT molecular complexity index is 654. The molecule has 1 heterocycles. The second-order valence-corrected chi connectivity index (χ2v) is 8.03. The highest BCUT2D eigenvalue weighted by Gasteiger charge is 2.56. The van der Waals surface area contributed by atoms with Gasteiger partial charge in [-0.15, -0.1) is 11.3 Å². The molecule has 4 atom stereocenters. The summed E-state index contributed by atoms with van der Waals surface area (Å²) in [5.41, 5.74) is 6.23. The predicted molar refractivity (Wildman–Crippen MR) is 91.3 cm³/mol. The molecule has 0 radical (unpaired) electrons. The number of nitrogens with one attached hydrogen (secondary N) is 1. The predicted octanol–water partition coefficient (Wildman–Crippen LogP) is 3.86. The SMILES string of the molecule is NNC(Cc1sccc1Br)C1C2CCc3ccccc3C21. The molecule has 110 valence electrons. The maximum Gasteiger partial charge on any atom is 0.0314 e. The van der Waals surface area contributed by atoms with Gasteiger partial charge in [0.2, 0.25) is 0 Å². The maximum absolute atomic E-state index is 5.89. The zero-order chi connectivity index (χ0) is 14.4. The van der Waals surface area contributed by atoms with Crippen LogP contribution in [0.5, 0.6) is 0 Å². The largest absolute Gasteiger partial charge is 0.271 e. The van der Waals surface area contributed by atoms with Crippen LogP contribution in [0.3, 0.4) is 0 Å². The Morgan fingerprint density at radius 1 is 1.33 bits per heavy atom. The number of benzene rings is 1. The monoisotopic (exact) mass is 362 g/mol. The standard InChI is InChI=1S/C17H19BrN2S/c18-13-7-8-21-15(13)9-14(20-19)17-12-6-5-10-3-1-2-4-11(10)16(12)17/h1-4,7-8,12,14,16-17,20H,5-6,9,19H2. The van der Waals surface area contributed by atoms with Crippen LogP contribution in [-0.4, -0.2) is 6.04 Å². The van der Waals surface area contributed by atoms with Crippen LogP contribution in [0.25, 0.3) is 0 Å². The van der Waals surface area contributed by atoms with Crippen molar-refractivity contribution in [3.05, 3.63) is 56.2 Å². The van der Waals surface area contributed by atoms with Crippen molar-refractivity contribution in [1.29, 1.82) is 0 Å². The molecule has 2 aromatic rings. The summed E-state index contributed by atoms with van der Waals surface area (Å²) in [6.07, 6.45) is 3.57. The normalized spacial score (nSPS) is 27.8. The fraction of sp³-hybridized carbons (Fsp3) is 0.412. The van der Waals surface area contributed by atoms with Crippen LogP contribution in [0.2, 0.25) is 0 Å². The third-order valence-corrected chi connectivity index (χ3v) is 7.11. The molecule has 4 rings (SSSR count). The van der Waals surface area contributed by atoms with E-state index in [2.05, 4.69) is 57.1 Å².